The highest BCUT2D eigenvalue weighted by Gasteiger charge is 2.31. The van der Waals surface area contributed by atoms with E-state index in [9.17, 15) is 14.4 Å². The van der Waals surface area contributed by atoms with Crippen molar-refractivity contribution in [3.63, 3.8) is 0 Å². The average Bonchev–Trinajstić information content (AvgIpc) is 2.63. The number of primary amides is 1. The number of carboxylic acid groups (broad SMARTS) is 1. The molecule has 0 spiro atoms. The van der Waals surface area contributed by atoms with E-state index in [0.29, 0.717) is 6.42 Å². The third-order valence-corrected chi connectivity index (χ3v) is 2.54. The number of nitrogens with one attached hydrogen (secondary N) is 1. The van der Waals surface area contributed by atoms with E-state index in [1.54, 1.807) is 0 Å². The molecule has 1 saturated heterocycles. The summed E-state index contributed by atoms with van der Waals surface area (Å²) in [4.78, 5) is 33.1. The van der Waals surface area contributed by atoms with E-state index in [4.69, 9.17) is 15.6 Å². The molecular formula is C10H16N2O5. The monoisotopic (exact) mass is 244 g/mol. The molecule has 0 aromatic carbocycles. The van der Waals surface area contributed by atoms with Crippen molar-refractivity contribution in [3.05, 3.63) is 0 Å². The van der Waals surface area contributed by atoms with Crippen LogP contribution < -0.4 is 11.1 Å². The Bertz CT molecular complexity index is 331. The number of amides is 2. The second-order valence-corrected chi connectivity index (χ2v) is 4.08. The zero-order valence-electron chi connectivity index (χ0n) is 9.51. The highest BCUT2D eigenvalue weighted by molar-refractivity contribution is 5.89. The second-order valence-electron chi connectivity index (χ2n) is 4.08. The molecule has 0 aliphatic carbocycles. The van der Waals surface area contributed by atoms with E-state index in [1.807, 2.05) is 6.92 Å². The molecule has 4 N–H and O–H groups in total. The molecule has 1 heterocycles. The van der Waals surface area contributed by atoms with Gasteiger partial charge in [0, 0.05) is 0 Å². The molecule has 7 nitrogen and oxygen atoms in total. The van der Waals surface area contributed by atoms with Crippen LogP contribution in [0.2, 0.25) is 0 Å². The van der Waals surface area contributed by atoms with Crippen LogP contribution in [-0.4, -0.2) is 41.1 Å². The highest BCUT2D eigenvalue weighted by Crippen LogP contribution is 2.19. The summed E-state index contributed by atoms with van der Waals surface area (Å²) < 4.78 is 5.29. The van der Waals surface area contributed by atoms with Gasteiger partial charge in [-0.25, -0.2) is 4.79 Å². The second kappa shape index (κ2) is 5.62. The number of carbonyl (C=O) groups excluding carboxylic acids is 2. The highest BCUT2D eigenvalue weighted by atomic mass is 16.5. The zero-order chi connectivity index (χ0) is 13.0. The van der Waals surface area contributed by atoms with Gasteiger partial charge in [-0.15, -0.1) is 0 Å². The lowest BCUT2D eigenvalue weighted by Crippen LogP contribution is -2.47. The van der Waals surface area contributed by atoms with Crippen LogP contribution in [0.25, 0.3) is 0 Å². The molecule has 1 fully saturated rings. The van der Waals surface area contributed by atoms with E-state index in [2.05, 4.69) is 5.32 Å². The molecule has 17 heavy (non-hydrogen) atoms. The van der Waals surface area contributed by atoms with E-state index >= 15 is 0 Å². The van der Waals surface area contributed by atoms with Crippen molar-refractivity contribution in [2.45, 2.75) is 44.4 Å². The molecule has 0 aromatic heterocycles. The van der Waals surface area contributed by atoms with Gasteiger partial charge in [0.2, 0.25) is 11.8 Å². The molecule has 0 bridgehead atoms. The van der Waals surface area contributed by atoms with Crippen molar-refractivity contribution >= 4 is 17.8 Å². The first-order valence-electron chi connectivity index (χ1n) is 5.37. The van der Waals surface area contributed by atoms with Crippen LogP contribution in [-0.2, 0) is 19.1 Å². The molecule has 0 radical (unpaired) electrons. The van der Waals surface area contributed by atoms with Gasteiger partial charge in [-0.1, -0.05) is 0 Å². The minimum Gasteiger partial charge on any atom is -0.480 e. The van der Waals surface area contributed by atoms with E-state index in [1.165, 1.54) is 0 Å². The topological polar surface area (TPSA) is 119 Å². The van der Waals surface area contributed by atoms with Crippen molar-refractivity contribution in [2.75, 3.05) is 0 Å². The van der Waals surface area contributed by atoms with E-state index < -0.39 is 36.4 Å². The quantitative estimate of drug-likeness (QED) is 0.573. The molecule has 0 aromatic rings. The van der Waals surface area contributed by atoms with Crippen molar-refractivity contribution in [1.29, 1.82) is 0 Å². The molecule has 1 rings (SSSR count). The van der Waals surface area contributed by atoms with Gasteiger partial charge in [0.25, 0.3) is 0 Å². The number of rotatable bonds is 5. The molecule has 2 amide bonds. The molecule has 2 unspecified atom stereocenters. The number of carboxylic acids is 1. The Balaban J connectivity index is 2.52. The Labute approximate surface area is 98.3 Å². The number of nitrogens with two attached hydrogens (primary N) is 1. The van der Waals surface area contributed by atoms with Crippen LogP contribution in [0.4, 0.5) is 0 Å². The Morgan fingerprint density at radius 1 is 1.47 bits per heavy atom. The summed E-state index contributed by atoms with van der Waals surface area (Å²) in [5.41, 5.74) is 4.90. The first kappa shape index (κ1) is 13.4. The number of hydrogen-bond donors (Lipinski definition) is 3. The molecule has 0 saturated carbocycles. The predicted octanol–water partition coefficient (Wildman–Crippen LogP) is -1.00. The molecule has 3 atom stereocenters. The van der Waals surface area contributed by atoms with Gasteiger partial charge >= 0.3 is 5.97 Å². The van der Waals surface area contributed by atoms with Gasteiger partial charge in [-0.05, 0) is 19.8 Å². The number of hydrogen-bond acceptors (Lipinski definition) is 4. The minimum absolute atomic E-state index is 0.00910. The summed E-state index contributed by atoms with van der Waals surface area (Å²) in [6, 6.07) is -1.29. The van der Waals surface area contributed by atoms with Crippen LogP contribution >= 0.6 is 0 Å². The van der Waals surface area contributed by atoms with Crippen LogP contribution in [0.5, 0.6) is 0 Å². The first-order valence-corrected chi connectivity index (χ1v) is 5.37. The fourth-order valence-corrected chi connectivity index (χ4v) is 1.66. The summed E-state index contributed by atoms with van der Waals surface area (Å²) in [5, 5.41) is 11.0. The van der Waals surface area contributed by atoms with Crippen LogP contribution in [0.15, 0.2) is 0 Å². The summed E-state index contributed by atoms with van der Waals surface area (Å²) in [6.45, 7) is 1.84. The summed E-state index contributed by atoms with van der Waals surface area (Å²) in [6.07, 6.45) is 0.232. The Hall–Kier alpha value is -1.63. The molecule has 1 aliphatic heterocycles. The van der Waals surface area contributed by atoms with Crippen molar-refractivity contribution in [3.8, 4) is 0 Å². The van der Waals surface area contributed by atoms with Gasteiger partial charge < -0.3 is 20.9 Å². The van der Waals surface area contributed by atoms with Gasteiger partial charge in [-0.3, -0.25) is 9.59 Å². The Morgan fingerprint density at radius 2 is 2.12 bits per heavy atom. The summed E-state index contributed by atoms with van der Waals surface area (Å²) in [7, 11) is 0. The third-order valence-electron chi connectivity index (χ3n) is 2.54. The lowest BCUT2D eigenvalue weighted by Gasteiger charge is -2.16. The Kier molecular flexibility index (Phi) is 4.45. The third kappa shape index (κ3) is 4.03. The van der Waals surface area contributed by atoms with E-state index in [-0.39, 0.29) is 6.10 Å². The van der Waals surface area contributed by atoms with Gasteiger partial charge in [0.15, 0.2) is 0 Å². The smallest absolute Gasteiger partial charge is 0.326 e. The van der Waals surface area contributed by atoms with Crippen molar-refractivity contribution in [1.82, 2.24) is 5.32 Å². The van der Waals surface area contributed by atoms with Gasteiger partial charge in [-0.2, -0.15) is 0 Å². The number of ether oxygens (including phenoxy) is 1. The van der Waals surface area contributed by atoms with Gasteiger partial charge in [0.05, 0.1) is 12.5 Å². The molecule has 1 aliphatic rings. The SMILES string of the molecule is CC1CCC(C(=O)N[C@@H](CC(N)=O)C(=O)O)O1. The Morgan fingerprint density at radius 3 is 2.53 bits per heavy atom. The molecule has 7 heteroatoms. The predicted molar refractivity (Wildman–Crippen MR) is 56.9 cm³/mol. The minimum atomic E-state index is -1.29. The van der Waals surface area contributed by atoms with Crippen molar-refractivity contribution < 1.29 is 24.2 Å². The maximum absolute atomic E-state index is 11.6. The number of carbonyl (C=O) groups is 3. The van der Waals surface area contributed by atoms with Gasteiger partial charge in [0.1, 0.15) is 12.1 Å². The molecular weight excluding hydrogens is 228 g/mol. The van der Waals surface area contributed by atoms with Crippen LogP contribution in [0, 0.1) is 0 Å². The lowest BCUT2D eigenvalue weighted by molar-refractivity contribution is -0.145. The average molecular weight is 244 g/mol. The zero-order valence-corrected chi connectivity index (χ0v) is 9.51. The number of aliphatic carboxylic acids is 1. The lowest BCUT2D eigenvalue weighted by atomic mass is 10.1. The first-order chi connectivity index (χ1) is 7.90. The fraction of sp³-hybridized carbons (Fsp3) is 0.700. The van der Waals surface area contributed by atoms with Crippen LogP contribution in [0.3, 0.4) is 0 Å². The maximum atomic E-state index is 11.6. The fourth-order valence-electron chi connectivity index (χ4n) is 1.66. The summed E-state index contributed by atoms with van der Waals surface area (Å²) >= 11 is 0. The maximum Gasteiger partial charge on any atom is 0.326 e. The largest absolute Gasteiger partial charge is 0.480 e. The van der Waals surface area contributed by atoms with Crippen LogP contribution in [0.1, 0.15) is 26.2 Å². The van der Waals surface area contributed by atoms with Crippen molar-refractivity contribution in [2.24, 2.45) is 5.73 Å². The molecule has 96 valence electrons. The van der Waals surface area contributed by atoms with E-state index in [0.717, 1.165) is 6.42 Å². The normalized spacial score (nSPS) is 25.2. The summed E-state index contributed by atoms with van der Waals surface area (Å²) in [5.74, 6) is -2.58. The standard InChI is InChI=1S/C10H16N2O5/c1-5-2-3-7(17-5)9(14)12-6(10(15)16)4-8(11)13/h5-7H,2-4H2,1H3,(H2,11,13)(H,12,14)(H,15,16)/t5?,6-,7?/m0/s1.